The van der Waals surface area contributed by atoms with Crippen molar-refractivity contribution in [1.29, 1.82) is 0 Å². The van der Waals surface area contributed by atoms with Crippen LogP contribution in [0.25, 0.3) is 0 Å². The fourth-order valence-electron chi connectivity index (χ4n) is 3.42. The Morgan fingerprint density at radius 1 is 0.971 bits per heavy atom. The molecule has 0 aliphatic rings. The maximum atomic E-state index is 13.2. The number of benzene rings is 2. The number of anilines is 1. The second-order valence-electron chi connectivity index (χ2n) is 7.61. The van der Waals surface area contributed by atoms with Gasteiger partial charge in [-0.05, 0) is 41.8 Å². The highest BCUT2D eigenvalue weighted by Gasteiger charge is 2.23. The monoisotopic (exact) mass is 461 g/mol. The summed E-state index contributed by atoms with van der Waals surface area (Å²) in [6.07, 6.45) is 2.88. The van der Waals surface area contributed by atoms with Crippen LogP contribution in [-0.2, 0) is 27.2 Å². The third-order valence-electron chi connectivity index (χ3n) is 5.21. The molecule has 1 heterocycles. The molecule has 0 aliphatic carbocycles. The van der Waals surface area contributed by atoms with E-state index in [9.17, 15) is 14.4 Å². The average molecular weight is 462 g/mol. The quantitative estimate of drug-likeness (QED) is 0.334. The first kappa shape index (κ1) is 24.4. The van der Waals surface area contributed by atoms with Gasteiger partial charge in [0.2, 0.25) is 5.91 Å². The van der Waals surface area contributed by atoms with Gasteiger partial charge in [0, 0.05) is 12.6 Å². The van der Waals surface area contributed by atoms with Crippen molar-refractivity contribution < 1.29 is 23.9 Å². The van der Waals surface area contributed by atoms with Crippen LogP contribution in [0.4, 0.5) is 5.82 Å². The first-order valence-corrected chi connectivity index (χ1v) is 10.8. The van der Waals surface area contributed by atoms with Crippen LogP contribution in [0.2, 0.25) is 0 Å². The number of methoxy groups -OCH3 is 2. The van der Waals surface area contributed by atoms with Gasteiger partial charge in [-0.15, -0.1) is 0 Å². The molecule has 2 atom stereocenters. The predicted octanol–water partition coefficient (Wildman–Crippen LogP) is 2.83. The number of pyridine rings is 1. The molecule has 3 rings (SSSR count). The normalized spacial score (nSPS) is 12.2. The molecule has 0 aliphatic heterocycles. The van der Waals surface area contributed by atoms with Gasteiger partial charge in [0.25, 0.3) is 0 Å². The zero-order chi connectivity index (χ0) is 24.3. The van der Waals surface area contributed by atoms with E-state index in [2.05, 4.69) is 15.6 Å². The molecular formula is C26H27N3O5. The minimum absolute atomic E-state index is 0.304. The fourth-order valence-corrected chi connectivity index (χ4v) is 3.42. The number of ether oxygens (including phenoxy) is 2. The van der Waals surface area contributed by atoms with E-state index in [1.807, 2.05) is 54.6 Å². The number of rotatable bonds is 11. The highest BCUT2D eigenvalue weighted by Crippen LogP contribution is 2.16. The van der Waals surface area contributed by atoms with E-state index in [0.29, 0.717) is 30.0 Å². The molecule has 8 nitrogen and oxygen atoms in total. The number of carbonyl (C=O) groups is 3. The number of nitrogens with one attached hydrogen (secondary N) is 2. The molecule has 1 aromatic heterocycles. The number of aldehydes is 1. The van der Waals surface area contributed by atoms with Gasteiger partial charge in [-0.25, -0.2) is 9.78 Å². The number of hydrogen-bond donors (Lipinski definition) is 2. The molecule has 34 heavy (non-hydrogen) atoms. The first-order chi connectivity index (χ1) is 16.5. The van der Waals surface area contributed by atoms with Crippen molar-refractivity contribution in [2.24, 2.45) is 0 Å². The number of aromatic nitrogens is 1. The van der Waals surface area contributed by atoms with E-state index in [-0.39, 0.29) is 5.91 Å². The molecule has 2 aromatic carbocycles. The standard InChI is InChI=1S/C26H27N3O5/c1-33-22-10-8-19(9-11-22)15-23(29-24-16-20(12-13-27-24)26(32)34-2)25(31)28-21(17-30)14-18-6-4-3-5-7-18/h3-13,16-17,21,23H,14-15H2,1-2H3,(H,27,29)(H,28,31)/t21-,23?/m1/s1. The van der Waals surface area contributed by atoms with Crippen LogP contribution in [0, 0.1) is 0 Å². The number of carbonyl (C=O) groups excluding carboxylic acids is 3. The van der Waals surface area contributed by atoms with Crippen molar-refractivity contribution in [2.45, 2.75) is 24.9 Å². The van der Waals surface area contributed by atoms with Crippen LogP contribution in [0.15, 0.2) is 72.9 Å². The first-order valence-electron chi connectivity index (χ1n) is 10.8. The van der Waals surface area contributed by atoms with Gasteiger partial charge in [0.15, 0.2) is 0 Å². The molecule has 0 spiro atoms. The topological polar surface area (TPSA) is 107 Å². The summed E-state index contributed by atoms with van der Waals surface area (Å²) in [6.45, 7) is 0. The second-order valence-corrected chi connectivity index (χ2v) is 7.61. The van der Waals surface area contributed by atoms with Gasteiger partial charge < -0.3 is 24.9 Å². The highest BCUT2D eigenvalue weighted by molar-refractivity contribution is 5.91. The Hall–Kier alpha value is -4.20. The summed E-state index contributed by atoms with van der Waals surface area (Å²) in [7, 11) is 2.88. The smallest absolute Gasteiger partial charge is 0.338 e. The van der Waals surface area contributed by atoms with Crippen molar-refractivity contribution in [3.63, 3.8) is 0 Å². The Balaban J connectivity index is 1.80. The Kier molecular flexibility index (Phi) is 8.73. The summed E-state index contributed by atoms with van der Waals surface area (Å²) in [5.74, 6) is 0.163. The summed E-state index contributed by atoms with van der Waals surface area (Å²) in [4.78, 5) is 41.0. The van der Waals surface area contributed by atoms with E-state index in [1.54, 1.807) is 7.11 Å². The molecule has 0 bridgehead atoms. The average Bonchev–Trinajstić information content (AvgIpc) is 2.88. The number of nitrogens with zero attached hydrogens (tertiary/aromatic N) is 1. The molecule has 0 fully saturated rings. The molecule has 1 unspecified atom stereocenters. The van der Waals surface area contributed by atoms with Crippen molar-refractivity contribution in [2.75, 3.05) is 19.5 Å². The Morgan fingerprint density at radius 2 is 1.68 bits per heavy atom. The summed E-state index contributed by atoms with van der Waals surface area (Å²) in [5.41, 5.74) is 2.12. The Labute approximate surface area is 198 Å². The molecule has 176 valence electrons. The molecular weight excluding hydrogens is 434 g/mol. The summed E-state index contributed by atoms with van der Waals surface area (Å²) < 4.78 is 9.96. The van der Waals surface area contributed by atoms with E-state index in [4.69, 9.17) is 9.47 Å². The van der Waals surface area contributed by atoms with Gasteiger partial charge in [0.05, 0.1) is 25.8 Å². The Morgan fingerprint density at radius 3 is 2.32 bits per heavy atom. The van der Waals surface area contributed by atoms with Gasteiger partial charge in [-0.3, -0.25) is 4.79 Å². The third-order valence-corrected chi connectivity index (χ3v) is 5.21. The fraction of sp³-hybridized carbons (Fsp3) is 0.231. The molecule has 8 heteroatoms. The van der Waals surface area contributed by atoms with E-state index >= 15 is 0 Å². The van der Waals surface area contributed by atoms with Gasteiger partial charge in [-0.1, -0.05) is 42.5 Å². The summed E-state index contributed by atoms with van der Waals surface area (Å²) in [5, 5.41) is 5.90. The molecule has 1 amide bonds. The van der Waals surface area contributed by atoms with Crippen LogP contribution < -0.4 is 15.4 Å². The SMILES string of the molecule is COC(=O)c1ccnc(NC(Cc2ccc(OC)cc2)C(=O)N[C@@H](C=O)Cc2ccccc2)c1. The van der Waals surface area contributed by atoms with Crippen molar-refractivity contribution >= 4 is 24.0 Å². The Bertz CT molecular complexity index is 1100. The third kappa shape index (κ3) is 6.90. The lowest BCUT2D eigenvalue weighted by atomic mass is 10.0. The van der Waals surface area contributed by atoms with Crippen LogP contribution in [-0.4, -0.2) is 49.4 Å². The van der Waals surface area contributed by atoms with Crippen molar-refractivity contribution in [1.82, 2.24) is 10.3 Å². The molecule has 0 radical (unpaired) electrons. The zero-order valence-corrected chi connectivity index (χ0v) is 19.1. The van der Waals surface area contributed by atoms with Crippen LogP contribution in [0.3, 0.4) is 0 Å². The minimum atomic E-state index is -0.757. The zero-order valence-electron chi connectivity index (χ0n) is 19.1. The lowest BCUT2D eigenvalue weighted by Gasteiger charge is -2.22. The van der Waals surface area contributed by atoms with E-state index < -0.39 is 18.1 Å². The summed E-state index contributed by atoms with van der Waals surface area (Å²) >= 11 is 0. The van der Waals surface area contributed by atoms with Crippen LogP contribution >= 0.6 is 0 Å². The van der Waals surface area contributed by atoms with Crippen LogP contribution in [0.1, 0.15) is 21.5 Å². The molecule has 3 aromatic rings. The molecule has 0 saturated heterocycles. The number of hydrogen-bond acceptors (Lipinski definition) is 7. The lowest BCUT2D eigenvalue weighted by Crippen LogP contribution is -2.47. The van der Waals surface area contributed by atoms with E-state index in [1.165, 1.54) is 25.4 Å². The second kappa shape index (κ2) is 12.2. The van der Waals surface area contributed by atoms with Crippen molar-refractivity contribution in [3.05, 3.63) is 89.6 Å². The summed E-state index contributed by atoms with van der Waals surface area (Å²) in [6, 6.07) is 18.4. The predicted molar refractivity (Wildman–Crippen MR) is 128 cm³/mol. The van der Waals surface area contributed by atoms with Gasteiger partial charge in [0.1, 0.15) is 23.9 Å². The van der Waals surface area contributed by atoms with Crippen molar-refractivity contribution in [3.8, 4) is 5.75 Å². The van der Waals surface area contributed by atoms with E-state index in [0.717, 1.165) is 17.4 Å². The number of amides is 1. The maximum absolute atomic E-state index is 13.2. The minimum Gasteiger partial charge on any atom is -0.497 e. The molecule has 2 N–H and O–H groups in total. The number of esters is 1. The lowest BCUT2D eigenvalue weighted by molar-refractivity contribution is -0.124. The molecule has 0 saturated carbocycles. The van der Waals surface area contributed by atoms with Crippen LogP contribution in [0.5, 0.6) is 5.75 Å². The van der Waals surface area contributed by atoms with Gasteiger partial charge in [-0.2, -0.15) is 0 Å². The highest BCUT2D eigenvalue weighted by atomic mass is 16.5. The van der Waals surface area contributed by atoms with Gasteiger partial charge >= 0.3 is 5.97 Å². The maximum Gasteiger partial charge on any atom is 0.338 e. The largest absolute Gasteiger partial charge is 0.497 e.